The summed E-state index contributed by atoms with van der Waals surface area (Å²) in [5, 5.41) is 0. The lowest BCUT2D eigenvalue weighted by Crippen LogP contribution is -2.06. The molecule has 3 nitrogen and oxygen atoms in total. The van der Waals surface area contributed by atoms with Crippen molar-refractivity contribution in [3.63, 3.8) is 0 Å². The molecule has 0 bridgehead atoms. The Morgan fingerprint density at radius 1 is 1.33 bits per heavy atom. The van der Waals surface area contributed by atoms with E-state index in [0.29, 0.717) is 18.6 Å². The molecule has 0 radical (unpaired) electrons. The molecular weight excluding hydrogens is 228 g/mol. The third-order valence-corrected chi connectivity index (χ3v) is 2.73. The summed E-state index contributed by atoms with van der Waals surface area (Å²) in [6.45, 7) is 6.35. The zero-order valence-electron chi connectivity index (χ0n) is 11.4. The summed E-state index contributed by atoms with van der Waals surface area (Å²) in [6, 6.07) is 6.02. The van der Waals surface area contributed by atoms with E-state index in [1.54, 1.807) is 6.08 Å². The van der Waals surface area contributed by atoms with Crippen LogP contribution in [0.25, 0.3) is 0 Å². The molecule has 0 aliphatic carbocycles. The number of hydrogen-bond donors (Lipinski definition) is 0. The molecule has 0 amide bonds. The highest BCUT2D eigenvalue weighted by Crippen LogP contribution is 2.18. The lowest BCUT2D eigenvalue weighted by molar-refractivity contribution is -0.136. The minimum absolute atomic E-state index is 0.290. The predicted molar refractivity (Wildman–Crippen MR) is 71.8 cm³/mol. The Hall–Kier alpha value is -1.77. The molecule has 0 N–H and O–H groups in total. The summed E-state index contributed by atoms with van der Waals surface area (Å²) in [5.74, 6) is 0.555. The molecule has 98 valence electrons. The van der Waals surface area contributed by atoms with Gasteiger partial charge in [0.05, 0.1) is 7.11 Å². The minimum Gasteiger partial charge on any atom is -0.489 e. The first-order chi connectivity index (χ1) is 8.58. The summed E-state index contributed by atoms with van der Waals surface area (Å²) in [4.78, 5) is 11.4. The molecule has 0 aliphatic rings. The quantitative estimate of drug-likeness (QED) is 0.593. The second kappa shape index (κ2) is 6.84. The summed E-state index contributed by atoms with van der Waals surface area (Å²) in [6.07, 6.45) is 2.41. The maximum atomic E-state index is 11.4. The van der Waals surface area contributed by atoms with Gasteiger partial charge in [-0.1, -0.05) is 24.6 Å². The molecule has 0 spiro atoms. The van der Waals surface area contributed by atoms with Gasteiger partial charge in [-0.3, -0.25) is 0 Å². The third-order valence-electron chi connectivity index (χ3n) is 2.73. The molecule has 0 saturated heterocycles. The van der Waals surface area contributed by atoms with Crippen molar-refractivity contribution in [2.24, 2.45) is 0 Å². The van der Waals surface area contributed by atoms with Crippen molar-refractivity contribution in [3.8, 4) is 5.75 Å². The van der Waals surface area contributed by atoms with Crippen molar-refractivity contribution >= 4 is 5.97 Å². The van der Waals surface area contributed by atoms with E-state index in [2.05, 4.69) is 10.8 Å². The zero-order chi connectivity index (χ0) is 13.5. The lowest BCUT2D eigenvalue weighted by Gasteiger charge is -2.08. The van der Waals surface area contributed by atoms with Gasteiger partial charge in [-0.15, -0.1) is 0 Å². The Labute approximate surface area is 108 Å². The largest absolute Gasteiger partial charge is 0.489 e. The van der Waals surface area contributed by atoms with Crippen LogP contribution in [0.15, 0.2) is 29.8 Å². The van der Waals surface area contributed by atoms with Crippen molar-refractivity contribution in [1.82, 2.24) is 0 Å². The van der Waals surface area contributed by atoms with Crippen LogP contribution in [0.4, 0.5) is 0 Å². The number of ether oxygens (including phenoxy) is 2. The molecular formula is C15H20O3. The summed E-state index contributed by atoms with van der Waals surface area (Å²) < 4.78 is 10.3. The van der Waals surface area contributed by atoms with Gasteiger partial charge in [0.1, 0.15) is 12.4 Å². The standard InChI is InChI=1S/C15H20O3/c1-5-13(15(16)17-4)8-9-18-14-7-6-11(2)10-12(14)3/h6-8,10H,5,9H2,1-4H3. The molecule has 1 aromatic rings. The van der Waals surface area contributed by atoms with E-state index in [9.17, 15) is 4.79 Å². The number of methoxy groups -OCH3 is 1. The molecule has 0 atom stereocenters. The normalized spacial score (nSPS) is 11.2. The number of carbonyl (C=O) groups excluding carboxylic acids is 1. The maximum Gasteiger partial charge on any atom is 0.333 e. The Morgan fingerprint density at radius 2 is 2.06 bits per heavy atom. The SMILES string of the molecule is CCC(=CCOc1ccc(C)cc1C)C(=O)OC. The number of hydrogen-bond acceptors (Lipinski definition) is 3. The van der Waals surface area contributed by atoms with Gasteiger partial charge in [-0.05, 0) is 38.0 Å². The van der Waals surface area contributed by atoms with Gasteiger partial charge < -0.3 is 9.47 Å². The van der Waals surface area contributed by atoms with Crippen LogP contribution in [0.5, 0.6) is 5.75 Å². The first kappa shape index (κ1) is 14.3. The molecule has 1 aromatic carbocycles. The fourth-order valence-corrected chi connectivity index (χ4v) is 1.70. The Morgan fingerprint density at radius 3 is 2.61 bits per heavy atom. The number of rotatable bonds is 5. The van der Waals surface area contributed by atoms with Crippen molar-refractivity contribution in [2.75, 3.05) is 13.7 Å². The molecule has 0 unspecified atom stereocenters. The van der Waals surface area contributed by atoms with Crippen LogP contribution < -0.4 is 4.74 Å². The number of benzene rings is 1. The van der Waals surface area contributed by atoms with Crippen molar-refractivity contribution in [1.29, 1.82) is 0 Å². The highest BCUT2D eigenvalue weighted by Gasteiger charge is 2.06. The van der Waals surface area contributed by atoms with E-state index in [4.69, 9.17) is 4.74 Å². The van der Waals surface area contributed by atoms with Crippen LogP contribution in [0.3, 0.4) is 0 Å². The molecule has 0 aromatic heterocycles. The maximum absolute atomic E-state index is 11.4. The van der Waals surface area contributed by atoms with Crippen molar-refractivity contribution in [3.05, 3.63) is 41.0 Å². The van der Waals surface area contributed by atoms with Crippen LogP contribution in [-0.4, -0.2) is 19.7 Å². The van der Waals surface area contributed by atoms with Crippen LogP contribution in [-0.2, 0) is 9.53 Å². The summed E-state index contributed by atoms with van der Waals surface area (Å²) in [5.41, 5.74) is 2.95. The van der Waals surface area contributed by atoms with Crippen LogP contribution in [0.2, 0.25) is 0 Å². The number of aryl methyl sites for hydroxylation is 2. The predicted octanol–water partition coefficient (Wildman–Crippen LogP) is 3.19. The topological polar surface area (TPSA) is 35.5 Å². The van der Waals surface area contributed by atoms with E-state index in [0.717, 1.165) is 11.3 Å². The van der Waals surface area contributed by atoms with Crippen LogP contribution >= 0.6 is 0 Å². The fourth-order valence-electron chi connectivity index (χ4n) is 1.70. The first-order valence-electron chi connectivity index (χ1n) is 6.05. The van der Waals surface area contributed by atoms with E-state index >= 15 is 0 Å². The molecule has 3 heteroatoms. The van der Waals surface area contributed by atoms with Gasteiger partial charge in [0, 0.05) is 5.57 Å². The Bertz CT molecular complexity index is 447. The minimum atomic E-state index is -0.290. The van der Waals surface area contributed by atoms with Gasteiger partial charge in [0.25, 0.3) is 0 Å². The highest BCUT2D eigenvalue weighted by molar-refractivity contribution is 5.88. The fraction of sp³-hybridized carbons (Fsp3) is 0.400. The van der Waals surface area contributed by atoms with E-state index < -0.39 is 0 Å². The first-order valence-corrected chi connectivity index (χ1v) is 6.05. The zero-order valence-corrected chi connectivity index (χ0v) is 11.4. The van der Waals surface area contributed by atoms with Crippen LogP contribution in [0, 0.1) is 13.8 Å². The molecule has 0 heterocycles. The van der Waals surface area contributed by atoms with Crippen molar-refractivity contribution in [2.45, 2.75) is 27.2 Å². The molecule has 0 aliphatic heterocycles. The van der Waals surface area contributed by atoms with Crippen molar-refractivity contribution < 1.29 is 14.3 Å². The van der Waals surface area contributed by atoms with Gasteiger partial charge in [-0.2, -0.15) is 0 Å². The van der Waals surface area contributed by atoms with Crippen LogP contribution in [0.1, 0.15) is 24.5 Å². The Kier molecular flexibility index (Phi) is 5.43. The smallest absolute Gasteiger partial charge is 0.333 e. The highest BCUT2D eigenvalue weighted by atomic mass is 16.5. The molecule has 0 fully saturated rings. The Balaban J connectivity index is 2.65. The second-order valence-corrected chi connectivity index (χ2v) is 4.15. The average molecular weight is 248 g/mol. The van der Waals surface area contributed by atoms with E-state index in [-0.39, 0.29) is 5.97 Å². The second-order valence-electron chi connectivity index (χ2n) is 4.15. The van der Waals surface area contributed by atoms with Gasteiger partial charge in [0.2, 0.25) is 0 Å². The number of esters is 1. The summed E-state index contributed by atoms with van der Waals surface area (Å²) in [7, 11) is 1.39. The van der Waals surface area contributed by atoms with Gasteiger partial charge in [0.15, 0.2) is 0 Å². The molecule has 1 rings (SSSR count). The summed E-state index contributed by atoms with van der Waals surface area (Å²) >= 11 is 0. The van der Waals surface area contributed by atoms with Gasteiger partial charge in [-0.25, -0.2) is 4.79 Å². The average Bonchev–Trinajstić information content (AvgIpc) is 2.36. The third kappa shape index (κ3) is 3.91. The lowest BCUT2D eigenvalue weighted by atomic mass is 10.1. The van der Waals surface area contributed by atoms with Gasteiger partial charge >= 0.3 is 5.97 Å². The van der Waals surface area contributed by atoms with E-state index in [1.165, 1.54) is 12.7 Å². The van der Waals surface area contributed by atoms with E-state index in [1.807, 2.05) is 32.9 Å². The number of carbonyl (C=O) groups is 1. The molecule has 0 saturated carbocycles. The molecule has 18 heavy (non-hydrogen) atoms. The monoisotopic (exact) mass is 248 g/mol.